The molecule has 0 bridgehead atoms. The van der Waals surface area contributed by atoms with E-state index in [0.29, 0.717) is 10.0 Å². The number of hydrogen-bond acceptors (Lipinski definition) is 2. The molecular weight excluding hydrogens is 376 g/mol. The van der Waals surface area contributed by atoms with E-state index in [9.17, 15) is 22.8 Å². The van der Waals surface area contributed by atoms with Crippen LogP contribution in [-0.2, 0) is 6.54 Å². The molecule has 0 aliphatic carbocycles. The van der Waals surface area contributed by atoms with Gasteiger partial charge >= 0.3 is 11.9 Å². The maximum atomic E-state index is 12.4. The number of H-pyrrole nitrogens is 1. The molecule has 2 aromatic rings. The van der Waals surface area contributed by atoms with Crippen molar-refractivity contribution in [2.45, 2.75) is 12.7 Å². The number of alkyl halides is 3. The highest BCUT2D eigenvalue weighted by Gasteiger charge is 2.30. The van der Waals surface area contributed by atoms with E-state index in [1.54, 1.807) is 12.1 Å². The molecule has 9 heteroatoms. The van der Waals surface area contributed by atoms with Gasteiger partial charge in [0.2, 0.25) is 0 Å². The largest absolute Gasteiger partial charge is 0.406 e. The van der Waals surface area contributed by atoms with Gasteiger partial charge in [-0.1, -0.05) is 39.7 Å². The zero-order chi connectivity index (χ0) is 15.8. The predicted molar refractivity (Wildman–Crippen MR) is 75.5 cm³/mol. The Morgan fingerprint density at radius 3 is 2.52 bits per heavy atom. The molecule has 0 spiro atoms. The van der Waals surface area contributed by atoms with Crippen LogP contribution in [0.25, 0.3) is 11.1 Å². The Balaban J connectivity index is 2.71. The summed E-state index contributed by atoms with van der Waals surface area (Å²) in [7, 11) is 0. The number of halogens is 5. The van der Waals surface area contributed by atoms with Crippen LogP contribution in [0.15, 0.2) is 38.3 Å². The monoisotopic (exact) mass is 382 g/mol. The Kier molecular flexibility index (Phi) is 4.29. The van der Waals surface area contributed by atoms with Crippen LogP contribution >= 0.6 is 27.5 Å². The molecule has 0 saturated heterocycles. The van der Waals surface area contributed by atoms with Gasteiger partial charge in [0.25, 0.3) is 5.56 Å². The number of nitrogens with one attached hydrogen (secondary N) is 1. The number of benzene rings is 1. The molecule has 0 radical (unpaired) electrons. The number of rotatable bonds is 2. The van der Waals surface area contributed by atoms with Crippen LogP contribution in [0.5, 0.6) is 0 Å². The lowest BCUT2D eigenvalue weighted by atomic mass is 10.1. The third kappa shape index (κ3) is 3.56. The van der Waals surface area contributed by atoms with Gasteiger partial charge in [-0.25, -0.2) is 4.79 Å². The van der Waals surface area contributed by atoms with Crippen LogP contribution < -0.4 is 11.2 Å². The maximum Gasteiger partial charge on any atom is 0.406 e. The number of aromatic amines is 1. The molecule has 0 fully saturated rings. The second-order valence-corrected chi connectivity index (χ2v) is 5.43. The highest BCUT2D eigenvalue weighted by molar-refractivity contribution is 9.10. The maximum absolute atomic E-state index is 12.4. The number of hydrogen-bond donors (Lipinski definition) is 1. The Hall–Kier alpha value is -1.54. The Morgan fingerprint density at radius 2 is 1.95 bits per heavy atom. The van der Waals surface area contributed by atoms with Crippen molar-refractivity contribution in [3.63, 3.8) is 0 Å². The zero-order valence-electron chi connectivity index (χ0n) is 10.2. The minimum absolute atomic E-state index is 0.0715. The molecule has 0 unspecified atom stereocenters. The molecule has 1 aromatic heterocycles. The summed E-state index contributed by atoms with van der Waals surface area (Å²) in [6.45, 7) is -1.68. The molecule has 0 saturated carbocycles. The summed E-state index contributed by atoms with van der Waals surface area (Å²) in [5.41, 5.74) is -2.20. The van der Waals surface area contributed by atoms with Gasteiger partial charge in [-0.05, 0) is 17.7 Å². The summed E-state index contributed by atoms with van der Waals surface area (Å²) in [5, 5.41) is -0.304. The third-order valence-corrected chi connectivity index (χ3v) is 3.37. The van der Waals surface area contributed by atoms with Crippen LogP contribution in [0.2, 0.25) is 5.15 Å². The van der Waals surface area contributed by atoms with E-state index < -0.39 is 24.0 Å². The van der Waals surface area contributed by atoms with Gasteiger partial charge < -0.3 is 0 Å². The van der Waals surface area contributed by atoms with Gasteiger partial charge in [0.1, 0.15) is 11.7 Å². The summed E-state index contributed by atoms with van der Waals surface area (Å²) in [6, 6.07) is 6.29. The van der Waals surface area contributed by atoms with Crippen LogP contribution in [-0.4, -0.2) is 15.7 Å². The predicted octanol–water partition coefficient (Wildman–Crippen LogP) is 3.18. The fourth-order valence-corrected chi connectivity index (χ4v) is 2.43. The van der Waals surface area contributed by atoms with E-state index in [1.807, 2.05) is 4.98 Å². The van der Waals surface area contributed by atoms with Crippen molar-refractivity contribution in [2.24, 2.45) is 0 Å². The first-order valence-corrected chi connectivity index (χ1v) is 6.71. The minimum Gasteiger partial charge on any atom is -0.297 e. The summed E-state index contributed by atoms with van der Waals surface area (Å²) in [4.78, 5) is 25.7. The van der Waals surface area contributed by atoms with E-state index in [1.165, 1.54) is 12.1 Å². The van der Waals surface area contributed by atoms with Crippen molar-refractivity contribution in [3.05, 3.63) is 54.7 Å². The first-order valence-electron chi connectivity index (χ1n) is 5.54. The molecule has 1 aromatic carbocycles. The highest BCUT2D eigenvalue weighted by atomic mass is 79.9. The lowest BCUT2D eigenvalue weighted by Gasteiger charge is -2.11. The van der Waals surface area contributed by atoms with Crippen molar-refractivity contribution in [1.82, 2.24) is 9.55 Å². The van der Waals surface area contributed by atoms with Crippen molar-refractivity contribution in [1.29, 1.82) is 0 Å². The lowest BCUT2D eigenvalue weighted by Crippen LogP contribution is -2.40. The lowest BCUT2D eigenvalue weighted by molar-refractivity contribution is -0.141. The quantitative estimate of drug-likeness (QED) is 0.810. The first-order chi connectivity index (χ1) is 9.69. The second-order valence-electron chi connectivity index (χ2n) is 4.14. The molecule has 21 heavy (non-hydrogen) atoms. The van der Waals surface area contributed by atoms with Crippen LogP contribution in [0.4, 0.5) is 13.2 Å². The van der Waals surface area contributed by atoms with E-state index in [4.69, 9.17) is 11.6 Å². The Morgan fingerprint density at radius 1 is 1.29 bits per heavy atom. The minimum atomic E-state index is -4.70. The van der Waals surface area contributed by atoms with E-state index in [0.717, 1.165) is 0 Å². The van der Waals surface area contributed by atoms with Gasteiger partial charge in [-0.2, -0.15) is 13.2 Å². The van der Waals surface area contributed by atoms with E-state index >= 15 is 0 Å². The Bertz CT molecular complexity index is 798. The second kappa shape index (κ2) is 5.69. The van der Waals surface area contributed by atoms with Gasteiger partial charge in [0.15, 0.2) is 0 Å². The number of nitrogens with zero attached hydrogens (tertiary/aromatic N) is 1. The van der Waals surface area contributed by atoms with Crippen molar-refractivity contribution in [3.8, 4) is 11.1 Å². The van der Waals surface area contributed by atoms with Gasteiger partial charge in [-0.15, -0.1) is 0 Å². The van der Waals surface area contributed by atoms with Crippen LogP contribution in [0, 0.1) is 0 Å². The van der Waals surface area contributed by atoms with E-state index in [2.05, 4.69) is 15.9 Å². The summed E-state index contributed by atoms with van der Waals surface area (Å²) in [6.07, 6.45) is -4.70. The fraction of sp³-hybridized carbons (Fsp3) is 0.167. The molecule has 1 N–H and O–H groups in total. The summed E-state index contributed by atoms with van der Waals surface area (Å²) in [5.74, 6) is 0. The molecule has 1 heterocycles. The van der Waals surface area contributed by atoms with Gasteiger partial charge in [0, 0.05) is 4.47 Å². The molecular formula is C12H7BrClF3N2O2. The SMILES string of the molecule is O=c1[nH]c(Cl)c(-c2cccc(Br)c2)c(=O)n1CC(F)(F)F. The normalized spacial score (nSPS) is 11.7. The van der Waals surface area contributed by atoms with Crippen LogP contribution in [0.3, 0.4) is 0 Å². The molecule has 0 amide bonds. The molecule has 112 valence electrons. The van der Waals surface area contributed by atoms with Crippen molar-refractivity contribution < 1.29 is 13.2 Å². The first kappa shape index (κ1) is 15.8. The molecule has 0 aliphatic heterocycles. The van der Waals surface area contributed by atoms with E-state index in [-0.39, 0.29) is 15.3 Å². The average Bonchev–Trinajstić information content (AvgIpc) is 2.33. The highest BCUT2D eigenvalue weighted by Crippen LogP contribution is 2.25. The van der Waals surface area contributed by atoms with Crippen molar-refractivity contribution in [2.75, 3.05) is 0 Å². The zero-order valence-corrected chi connectivity index (χ0v) is 12.5. The summed E-state index contributed by atoms with van der Waals surface area (Å²) < 4.78 is 38.0. The third-order valence-electron chi connectivity index (χ3n) is 2.59. The number of aromatic nitrogens is 2. The molecule has 2 rings (SSSR count). The molecule has 0 atom stereocenters. The average molecular weight is 384 g/mol. The van der Waals surface area contributed by atoms with Crippen molar-refractivity contribution >= 4 is 27.5 Å². The fourth-order valence-electron chi connectivity index (χ4n) is 1.76. The van der Waals surface area contributed by atoms with Gasteiger partial charge in [-0.3, -0.25) is 14.3 Å². The Labute approximate surface area is 129 Å². The standard InChI is InChI=1S/C12H7BrClF3N2O2/c13-7-3-1-2-6(4-7)8-9(14)18-11(21)19(10(8)20)5-12(15,16)17/h1-4H,5H2,(H,18,21). The molecule has 4 nitrogen and oxygen atoms in total. The summed E-state index contributed by atoms with van der Waals surface area (Å²) >= 11 is 8.99. The van der Waals surface area contributed by atoms with Crippen LogP contribution in [0.1, 0.15) is 0 Å². The molecule has 0 aliphatic rings. The smallest absolute Gasteiger partial charge is 0.297 e. The topological polar surface area (TPSA) is 54.9 Å². The van der Waals surface area contributed by atoms with Gasteiger partial charge in [0.05, 0.1) is 5.56 Å².